The van der Waals surface area contributed by atoms with Gasteiger partial charge in [-0.25, -0.2) is 0 Å². The van der Waals surface area contributed by atoms with Gasteiger partial charge in [-0.3, -0.25) is 9.69 Å². The maximum atomic E-state index is 13.2. The van der Waals surface area contributed by atoms with Gasteiger partial charge in [-0.05, 0) is 97.7 Å². The highest BCUT2D eigenvalue weighted by molar-refractivity contribution is 6.30. The molecule has 200 valence electrons. The molecule has 5 rings (SSSR count). The fraction of sp³-hybridized carbons (Fsp3) is 0.406. The average Bonchev–Trinajstić information content (AvgIpc) is 3.15. The first-order valence-corrected chi connectivity index (χ1v) is 13.9. The Hall–Kier alpha value is -2.86. The normalized spacial score (nSPS) is 20.9. The summed E-state index contributed by atoms with van der Waals surface area (Å²) >= 11 is 6.18. The predicted molar refractivity (Wildman–Crippen MR) is 153 cm³/mol. The van der Waals surface area contributed by atoms with E-state index >= 15 is 0 Å². The van der Waals surface area contributed by atoms with Gasteiger partial charge in [0.15, 0.2) is 0 Å². The zero-order valence-corrected chi connectivity index (χ0v) is 23.3. The lowest BCUT2D eigenvalue weighted by molar-refractivity contribution is 0.0827. The highest BCUT2D eigenvalue weighted by Gasteiger charge is 2.41. The number of carbonyl (C=O) groups is 1. The Labute approximate surface area is 231 Å². The number of hydrogen-bond acceptors (Lipinski definition) is 4. The zero-order chi connectivity index (χ0) is 26.6. The van der Waals surface area contributed by atoms with Crippen LogP contribution in [0.2, 0.25) is 5.02 Å². The summed E-state index contributed by atoms with van der Waals surface area (Å²) in [5.74, 6) is 0.939. The lowest BCUT2D eigenvalue weighted by Crippen LogP contribution is -2.50. The quantitative estimate of drug-likeness (QED) is 0.316. The smallest absolute Gasteiger partial charge is 0.251 e. The fourth-order valence-electron chi connectivity index (χ4n) is 6.04. The molecule has 0 aromatic heterocycles. The van der Waals surface area contributed by atoms with Crippen LogP contribution in [0.15, 0.2) is 60.7 Å². The second-order valence-electron chi connectivity index (χ2n) is 10.6. The molecule has 3 aromatic carbocycles. The molecule has 6 heteroatoms. The molecule has 0 spiro atoms. The van der Waals surface area contributed by atoms with Gasteiger partial charge >= 0.3 is 0 Å². The number of ether oxygens (including phenoxy) is 2. The highest BCUT2D eigenvalue weighted by atomic mass is 35.5. The Morgan fingerprint density at radius 1 is 0.947 bits per heavy atom. The molecule has 2 aliphatic rings. The van der Waals surface area contributed by atoms with Crippen molar-refractivity contribution in [1.29, 1.82) is 0 Å². The second kappa shape index (κ2) is 11.9. The standard InChI is InChI=1S/C32H37ClN2O3/c1-21-22(2)31(38-15-14-37-3)13-10-26(21)20-35-29-11-12-30(35)19-28(18-29)34-32(36)25-8-4-6-23(16-25)24-7-5-9-27(33)17-24/h4-10,13,16-17,28-30H,11-12,14-15,18-20H2,1-3H3,(H,34,36). The number of hydrogen-bond donors (Lipinski definition) is 1. The molecule has 1 N–H and O–H groups in total. The molecule has 2 atom stereocenters. The van der Waals surface area contributed by atoms with E-state index in [-0.39, 0.29) is 11.9 Å². The summed E-state index contributed by atoms with van der Waals surface area (Å²) in [7, 11) is 1.69. The van der Waals surface area contributed by atoms with Crippen molar-refractivity contribution in [2.24, 2.45) is 0 Å². The second-order valence-corrected chi connectivity index (χ2v) is 11.0. The molecular weight excluding hydrogens is 496 g/mol. The van der Waals surface area contributed by atoms with Gasteiger partial charge in [-0.1, -0.05) is 41.9 Å². The molecule has 38 heavy (non-hydrogen) atoms. The van der Waals surface area contributed by atoms with Gasteiger partial charge in [-0.15, -0.1) is 0 Å². The minimum atomic E-state index is 0.00209. The van der Waals surface area contributed by atoms with E-state index in [1.54, 1.807) is 7.11 Å². The van der Waals surface area contributed by atoms with E-state index in [1.807, 2.05) is 48.5 Å². The van der Waals surface area contributed by atoms with Crippen LogP contribution in [0.25, 0.3) is 11.1 Å². The summed E-state index contributed by atoms with van der Waals surface area (Å²) in [4.78, 5) is 15.9. The monoisotopic (exact) mass is 532 g/mol. The first-order valence-electron chi connectivity index (χ1n) is 13.6. The summed E-state index contributed by atoms with van der Waals surface area (Å²) in [6, 6.07) is 21.0. The van der Waals surface area contributed by atoms with Gasteiger partial charge in [0.1, 0.15) is 12.4 Å². The number of fused-ring (bicyclic) bond motifs is 2. The van der Waals surface area contributed by atoms with Crippen molar-refractivity contribution in [2.75, 3.05) is 20.3 Å². The lowest BCUT2D eigenvalue weighted by Gasteiger charge is -2.39. The minimum absolute atomic E-state index is 0.00209. The molecule has 1 amide bonds. The van der Waals surface area contributed by atoms with Crippen molar-refractivity contribution in [3.8, 4) is 16.9 Å². The zero-order valence-electron chi connectivity index (χ0n) is 22.5. The van der Waals surface area contributed by atoms with Crippen molar-refractivity contribution in [1.82, 2.24) is 10.2 Å². The van der Waals surface area contributed by atoms with E-state index in [1.165, 1.54) is 29.5 Å². The third-order valence-corrected chi connectivity index (χ3v) is 8.48. The van der Waals surface area contributed by atoms with Gasteiger partial charge in [0.05, 0.1) is 6.61 Å². The Morgan fingerprint density at radius 2 is 1.66 bits per heavy atom. The Balaban J connectivity index is 1.21. The molecule has 0 aliphatic carbocycles. The van der Waals surface area contributed by atoms with E-state index in [4.69, 9.17) is 21.1 Å². The lowest BCUT2D eigenvalue weighted by atomic mass is 9.94. The van der Waals surface area contributed by atoms with Crippen molar-refractivity contribution >= 4 is 17.5 Å². The van der Waals surface area contributed by atoms with Crippen LogP contribution in [-0.2, 0) is 11.3 Å². The topological polar surface area (TPSA) is 50.8 Å². The summed E-state index contributed by atoms with van der Waals surface area (Å²) in [5, 5.41) is 4.04. The minimum Gasteiger partial charge on any atom is -0.491 e. The van der Waals surface area contributed by atoms with E-state index in [9.17, 15) is 4.79 Å². The third-order valence-electron chi connectivity index (χ3n) is 8.25. The molecule has 2 unspecified atom stereocenters. The molecule has 2 aliphatic heterocycles. The molecule has 3 aromatic rings. The Kier molecular flexibility index (Phi) is 8.37. The van der Waals surface area contributed by atoms with E-state index in [0.717, 1.165) is 36.3 Å². The first kappa shape index (κ1) is 26.7. The molecule has 0 saturated carbocycles. The van der Waals surface area contributed by atoms with Crippen LogP contribution >= 0.6 is 11.6 Å². The Bertz CT molecular complexity index is 1280. The highest BCUT2D eigenvalue weighted by Crippen LogP contribution is 2.38. The van der Waals surface area contributed by atoms with E-state index in [2.05, 4.69) is 36.2 Å². The number of methoxy groups -OCH3 is 1. The van der Waals surface area contributed by atoms with Gasteiger partial charge in [-0.2, -0.15) is 0 Å². The average molecular weight is 533 g/mol. The maximum absolute atomic E-state index is 13.2. The van der Waals surface area contributed by atoms with Crippen molar-refractivity contribution in [2.45, 2.75) is 64.2 Å². The van der Waals surface area contributed by atoms with Crippen LogP contribution in [0.3, 0.4) is 0 Å². The van der Waals surface area contributed by atoms with Crippen LogP contribution in [0.1, 0.15) is 52.7 Å². The van der Waals surface area contributed by atoms with Crippen LogP contribution in [-0.4, -0.2) is 49.3 Å². The summed E-state index contributed by atoms with van der Waals surface area (Å²) in [6.07, 6.45) is 4.37. The van der Waals surface area contributed by atoms with Crippen LogP contribution in [0.5, 0.6) is 5.75 Å². The number of nitrogens with one attached hydrogen (secondary N) is 1. The SMILES string of the molecule is COCCOc1ccc(CN2C3CCC2CC(NC(=O)c2cccc(-c4cccc(Cl)c4)c2)C3)c(C)c1C. The number of piperidine rings is 1. The van der Waals surface area contributed by atoms with Gasteiger partial charge in [0, 0.05) is 42.4 Å². The molecule has 2 heterocycles. The van der Waals surface area contributed by atoms with Gasteiger partial charge < -0.3 is 14.8 Å². The maximum Gasteiger partial charge on any atom is 0.251 e. The molecule has 0 radical (unpaired) electrons. The summed E-state index contributed by atoms with van der Waals surface area (Å²) in [5.41, 5.74) is 6.56. The number of rotatable bonds is 9. The number of benzene rings is 3. The van der Waals surface area contributed by atoms with Crippen LogP contribution in [0, 0.1) is 13.8 Å². The first-order chi connectivity index (χ1) is 18.4. The molecule has 2 fully saturated rings. The number of halogens is 1. The third kappa shape index (κ3) is 5.90. The number of carbonyl (C=O) groups excluding carboxylic acids is 1. The molecule has 2 saturated heterocycles. The number of amides is 1. The molecular formula is C32H37ClN2O3. The van der Waals surface area contributed by atoms with Crippen LogP contribution in [0.4, 0.5) is 0 Å². The number of nitrogens with zero attached hydrogens (tertiary/aromatic N) is 1. The predicted octanol–water partition coefficient (Wildman–Crippen LogP) is 6.57. The van der Waals surface area contributed by atoms with E-state index in [0.29, 0.717) is 35.9 Å². The Morgan fingerprint density at radius 3 is 2.37 bits per heavy atom. The van der Waals surface area contributed by atoms with Gasteiger partial charge in [0.2, 0.25) is 0 Å². The van der Waals surface area contributed by atoms with Crippen molar-refractivity contribution in [3.05, 3.63) is 87.9 Å². The fourth-order valence-corrected chi connectivity index (χ4v) is 6.23. The van der Waals surface area contributed by atoms with E-state index < -0.39 is 0 Å². The van der Waals surface area contributed by atoms with Crippen molar-refractivity contribution < 1.29 is 14.3 Å². The molecule has 2 bridgehead atoms. The molecule has 5 nitrogen and oxygen atoms in total. The largest absolute Gasteiger partial charge is 0.491 e. The van der Waals surface area contributed by atoms with Crippen LogP contribution < -0.4 is 10.1 Å². The van der Waals surface area contributed by atoms with Crippen molar-refractivity contribution in [3.63, 3.8) is 0 Å². The summed E-state index contributed by atoms with van der Waals surface area (Å²) in [6.45, 7) is 6.43. The van der Waals surface area contributed by atoms with Gasteiger partial charge in [0.25, 0.3) is 5.91 Å². The summed E-state index contributed by atoms with van der Waals surface area (Å²) < 4.78 is 11.0.